The van der Waals surface area contributed by atoms with Gasteiger partial charge in [0.05, 0.1) is 18.2 Å². The fraction of sp³-hybridized carbons (Fsp3) is 0.350. The number of hydrogen-bond acceptors (Lipinski definition) is 5. The summed E-state index contributed by atoms with van der Waals surface area (Å²) in [4.78, 5) is 0. The van der Waals surface area contributed by atoms with E-state index in [0.717, 1.165) is 24.3 Å². The molecule has 0 atom stereocenters. The van der Waals surface area contributed by atoms with Crippen LogP contribution >= 0.6 is 0 Å². The summed E-state index contributed by atoms with van der Waals surface area (Å²) in [6.45, 7) is -5.40. The van der Waals surface area contributed by atoms with Crippen molar-refractivity contribution in [2.45, 2.75) is 30.3 Å². The van der Waals surface area contributed by atoms with Gasteiger partial charge in [0.2, 0.25) is 0 Å². The number of rotatable bonds is 10. The maximum absolute atomic E-state index is 14.0. The lowest BCUT2D eigenvalue weighted by Crippen LogP contribution is -2.64. The van der Waals surface area contributed by atoms with Gasteiger partial charge in [0.25, 0.3) is 0 Å². The van der Waals surface area contributed by atoms with Gasteiger partial charge in [-0.1, -0.05) is 0 Å². The summed E-state index contributed by atoms with van der Waals surface area (Å²) in [7, 11) is 0. The summed E-state index contributed by atoms with van der Waals surface area (Å²) in [6, 6.07) is 9.45. The van der Waals surface area contributed by atoms with Crippen LogP contribution in [0.25, 0.3) is 0 Å². The quantitative estimate of drug-likeness (QED) is 0.372. The Hall–Kier alpha value is -3.27. The van der Waals surface area contributed by atoms with E-state index in [0.29, 0.717) is 0 Å². The zero-order valence-corrected chi connectivity index (χ0v) is 16.6. The summed E-state index contributed by atoms with van der Waals surface area (Å²) in [6.07, 6.45) is 0. The lowest BCUT2D eigenvalue weighted by Gasteiger charge is -2.36. The maximum Gasteiger partial charge on any atom is 0.381 e. The van der Waals surface area contributed by atoms with Crippen LogP contribution in [0.1, 0.15) is 11.1 Å². The Morgan fingerprint density at radius 3 is 1.73 bits per heavy atom. The second-order valence-electron chi connectivity index (χ2n) is 6.98. The molecule has 13 heteroatoms. The van der Waals surface area contributed by atoms with Gasteiger partial charge in [-0.25, -0.2) is 0 Å². The van der Waals surface area contributed by atoms with Crippen LogP contribution in [-0.4, -0.2) is 36.9 Å². The zero-order chi connectivity index (χ0) is 25.1. The van der Waals surface area contributed by atoms with Gasteiger partial charge in [-0.3, -0.25) is 0 Å². The molecule has 0 fully saturated rings. The van der Waals surface area contributed by atoms with Gasteiger partial charge in [0, 0.05) is 11.4 Å². The number of ether oxygens (including phenoxy) is 2. The van der Waals surface area contributed by atoms with Crippen LogP contribution in [0.15, 0.2) is 42.5 Å². The van der Waals surface area contributed by atoms with E-state index in [1.165, 1.54) is 18.2 Å². The SMILES string of the molecule is N#Cc1ccc(OCC(F)(F)C(F)(F)C(F)(F)C(F)(F)COCc2cc(N)cc(N)c2)cc1. The number of alkyl halides is 8. The predicted octanol–water partition coefficient (Wildman–Crippen LogP) is 4.86. The molecule has 0 radical (unpaired) electrons. The molecule has 2 rings (SSSR count). The Balaban J connectivity index is 2.09. The highest BCUT2D eigenvalue weighted by molar-refractivity contribution is 5.54. The fourth-order valence-corrected chi connectivity index (χ4v) is 2.57. The van der Waals surface area contributed by atoms with Gasteiger partial charge in [-0.05, 0) is 48.0 Å². The first-order chi connectivity index (χ1) is 15.1. The van der Waals surface area contributed by atoms with Gasteiger partial charge in [0.1, 0.15) is 12.4 Å². The highest BCUT2D eigenvalue weighted by Crippen LogP contribution is 2.52. The molecular weight excluding hydrogens is 466 g/mol. The van der Waals surface area contributed by atoms with Crippen LogP contribution in [0.5, 0.6) is 5.75 Å². The molecule has 0 unspecified atom stereocenters. The molecule has 33 heavy (non-hydrogen) atoms. The Labute approximate surface area is 182 Å². The lowest BCUT2D eigenvalue weighted by atomic mass is 9.99. The number of halogens is 8. The summed E-state index contributed by atoms with van der Waals surface area (Å²) >= 11 is 0. The van der Waals surface area contributed by atoms with Crippen molar-refractivity contribution in [3.8, 4) is 11.8 Å². The first kappa shape index (κ1) is 26.0. The van der Waals surface area contributed by atoms with Crippen molar-refractivity contribution in [3.63, 3.8) is 0 Å². The predicted molar refractivity (Wildman–Crippen MR) is 101 cm³/mol. The van der Waals surface area contributed by atoms with Gasteiger partial charge in [0.15, 0.2) is 6.61 Å². The van der Waals surface area contributed by atoms with Gasteiger partial charge < -0.3 is 20.9 Å². The molecule has 180 valence electrons. The van der Waals surface area contributed by atoms with Crippen LogP contribution in [0.3, 0.4) is 0 Å². The summed E-state index contributed by atoms with van der Waals surface area (Å²) in [5.41, 5.74) is 11.3. The number of anilines is 2. The van der Waals surface area contributed by atoms with Crippen molar-refractivity contribution in [2.24, 2.45) is 0 Å². The molecule has 0 aliphatic heterocycles. The average molecular weight is 483 g/mol. The molecule has 0 aliphatic rings. The fourth-order valence-electron chi connectivity index (χ4n) is 2.57. The monoisotopic (exact) mass is 483 g/mol. The van der Waals surface area contributed by atoms with E-state index in [9.17, 15) is 35.1 Å². The van der Waals surface area contributed by atoms with E-state index in [1.54, 1.807) is 6.07 Å². The van der Waals surface area contributed by atoms with Crippen molar-refractivity contribution < 1.29 is 44.6 Å². The number of nitrogen functional groups attached to an aromatic ring is 2. The van der Waals surface area contributed by atoms with Gasteiger partial charge in [-0.2, -0.15) is 40.4 Å². The van der Waals surface area contributed by atoms with Crippen molar-refractivity contribution >= 4 is 11.4 Å². The zero-order valence-electron chi connectivity index (χ0n) is 16.6. The van der Waals surface area contributed by atoms with Crippen LogP contribution in [0.2, 0.25) is 0 Å². The highest BCUT2D eigenvalue weighted by Gasteiger charge is 2.80. The smallest absolute Gasteiger partial charge is 0.381 e. The maximum atomic E-state index is 14.0. The molecule has 2 aromatic carbocycles. The minimum Gasteiger partial charge on any atom is -0.487 e. The number of nitrogens with zero attached hydrogens (tertiary/aromatic N) is 1. The lowest BCUT2D eigenvalue weighted by molar-refractivity contribution is -0.374. The molecule has 0 bridgehead atoms. The normalized spacial score (nSPS) is 12.9. The Bertz CT molecular complexity index is 987. The molecule has 5 nitrogen and oxygen atoms in total. The van der Waals surface area contributed by atoms with Crippen molar-refractivity contribution in [1.82, 2.24) is 0 Å². The first-order valence-corrected chi connectivity index (χ1v) is 9.00. The molecule has 0 amide bonds. The third kappa shape index (κ3) is 5.57. The molecular formula is C20H17F8N3O2. The molecule has 0 aliphatic carbocycles. The topological polar surface area (TPSA) is 94.3 Å². The van der Waals surface area contributed by atoms with Gasteiger partial charge >= 0.3 is 23.7 Å². The third-order valence-electron chi connectivity index (χ3n) is 4.31. The van der Waals surface area contributed by atoms with Crippen LogP contribution in [0, 0.1) is 11.3 Å². The molecule has 4 N–H and O–H groups in total. The minimum absolute atomic E-state index is 0.0690. The number of nitrogens with two attached hydrogens (primary N) is 2. The summed E-state index contributed by atoms with van der Waals surface area (Å²) < 4.78 is 120. The average Bonchev–Trinajstić information content (AvgIpc) is 2.71. The second-order valence-corrected chi connectivity index (χ2v) is 6.98. The molecule has 0 spiro atoms. The van der Waals surface area contributed by atoms with E-state index < -0.39 is 49.3 Å². The molecule has 0 heterocycles. The van der Waals surface area contributed by atoms with Crippen LogP contribution in [0.4, 0.5) is 46.5 Å². The van der Waals surface area contributed by atoms with Crippen molar-refractivity contribution in [1.29, 1.82) is 5.26 Å². The molecule has 0 saturated carbocycles. The number of nitriles is 1. The first-order valence-electron chi connectivity index (χ1n) is 9.00. The van der Waals surface area contributed by atoms with Crippen LogP contribution < -0.4 is 16.2 Å². The number of hydrogen-bond donors (Lipinski definition) is 2. The molecule has 2 aromatic rings. The van der Waals surface area contributed by atoms with E-state index >= 15 is 0 Å². The standard InChI is InChI=1S/C20H17F8N3O2/c21-17(22,10-32-9-13-5-14(30)7-15(31)6-13)19(25,26)20(27,28)18(23,24)11-33-16-3-1-12(8-29)2-4-16/h1-7H,9-11,30-31H2. The number of benzene rings is 2. The summed E-state index contributed by atoms with van der Waals surface area (Å²) in [5, 5.41) is 8.62. The van der Waals surface area contributed by atoms with Gasteiger partial charge in [-0.15, -0.1) is 0 Å². The highest BCUT2D eigenvalue weighted by atomic mass is 19.4. The Morgan fingerprint density at radius 1 is 0.758 bits per heavy atom. The Kier molecular flexibility index (Phi) is 7.33. The largest absolute Gasteiger partial charge is 0.487 e. The third-order valence-corrected chi connectivity index (χ3v) is 4.31. The molecule has 0 aromatic heterocycles. The van der Waals surface area contributed by atoms with Crippen molar-refractivity contribution in [2.75, 3.05) is 24.7 Å². The second kappa shape index (κ2) is 9.30. The van der Waals surface area contributed by atoms with E-state index in [2.05, 4.69) is 9.47 Å². The van der Waals surface area contributed by atoms with E-state index in [1.807, 2.05) is 0 Å². The minimum atomic E-state index is -6.51. The Morgan fingerprint density at radius 2 is 1.24 bits per heavy atom. The van der Waals surface area contributed by atoms with Crippen molar-refractivity contribution in [3.05, 3.63) is 53.6 Å². The molecule has 0 saturated heterocycles. The van der Waals surface area contributed by atoms with E-state index in [4.69, 9.17) is 16.7 Å². The van der Waals surface area contributed by atoms with E-state index in [-0.39, 0.29) is 22.5 Å². The summed E-state index contributed by atoms with van der Waals surface area (Å²) in [5.74, 6) is -24.9. The van der Waals surface area contributed by atoms with Crippen LogP contribution in [-0.2, 0) is 11.3 Å².